The summed E-state index contributed by atoms with van der Waals surface area (Å²) >= 11 is 0. The molecular formula is C40H32N10Pt. The Morgan fingerprint density at radius 3 is 1.76 bits per heavy atom. The Kier molecular flexibility index (Phi) is 8.92. The Balaban J connectivity index is 0.000000212. The molecule has 0 bridgehead atoms. The molecule has 5 heterocycles. The van der Waals surface area contributed by atoms with Gasteiger partial charge >= 0.3 is 21.1 Å². The molecule has 0 aliphatic carbocycles. The van der Waals surface area contributed by atoms with E-state index >= 15 is 0 Å². The van der Waals surface area contributed by atoms with Crippen molar-refractivity contribution >= 4 is 56.5 Å². The third-order valence-electron chi connectivity index (χ3n) is 8.91. The van der Waals surface area contributed by atoms with Gasteiger partial charge in [0.2, 0.25) is 0 Å². The van der Waals surface area contributed by atoms with Gasteiger partial charge in [0.25, 0.3) is 0 Å². The predicted molar refractivity (Wildman–Crippen MR) is 198 cm³/mol. The van der Waals surface area contributed by atoms with E-state index in [2.05, 4.69) is 82.1 Å². The Hall–Kier alpha value is -5.78. The Morgan fingerprint density at radius 1 is 0.667 bits per heavy atom. The van der Waals surface area contributed by atoms with Crippen molar-refractivity contribution < 1.29 is 21.1 Å². The van der Waals surface area contributed by atoms with Crippen molar-refractivity contribution in [3.63, 3.8) is 0 Å². The molecule has 51 heavy (non-hydrogen) atoms. The number of aromatic nitrogens is 5. The van der Waals surface area contributed by atoms with Crippen LogP contribution in [0.4, 0.5) is 34.6 Å². The molecule has 0 radical (unpaired) electrons. The van der Waals surface area contributed by atoms with E-state index in [1.165, 1.54) is 22.3 Å². The van der Waals surface area contributed by atoms with Crippen LogP contribution < -0.4 is 24.6 Å². The fraction of sp³-hybridized carbons (Fsp3) is 0.125. The first kappa shape index (κ1) is 33.7. The van der Waals surface area contributed by atoms with Crippen LogP contribution in [0.5, 0.6) is 0 Å². The molecule has 0 N–H and O–H groups in total. The summed E-state index contributed by atoms with van der Waals surface area (Å²) in [5, 5.41) is 11.0. The van der Waals surface area contributed by atoms with Gasteiger partial charge < -0.3 is 24.6 Å². The Morgan fingerprint density at radius 2 is 1.20 bits per heavy atom. The van der Waals surface area contributed by atoms with Gasteiger partial charge in [0.1, 0.15) is 23.3 Å². The second-order valence-corrected chi connectivity index (χ2v) is 12.5. The minimum Gasteiger partial charge on any atom is -0.657 e. The number of nitriles is 1. The third-order valence-corrected chi connectivity index (χ3v) is 8.91. The molecule has 252 valence electrons. The van der Waals surface area contributed by atoms with Crippen molar-refractivity contribution in [3.8, 4) is 17.2 Å². The van der Waals surface area contributed by atoms with Crippen molar-refractivity contribution in [2.24, 2.45) is 0 Å². The normalized spacial score (nSPS) is 13.1. The molecule has 0 saturated heterocycles. The summed E-state index contributed by atoms with van der Waals surface area (Å²) in [7, 11) is 3.95. The van der Waals surface area contributed by atoms with Gasteiger partial charge in [-0.3, -0.25) is 0 Å². The number of hydrogen-bond acceptors (Lipinski definition) is 9. The zero-order chi connectivity index (χ0) is 34.5. The molecule has 0 spiro atoms. The van der Waals surface area contributed by atoms with Gasteiger partial charge in [-0.15, -0.1) is 59.5 Å². The van der Waals surface area contributed by atoms with Crippen LogP contribution >= 0.6 is 0 Å². The van der Waals surface area contributed by atoms with Gasteiger partial charge in [0, 0.05) is 24.8 Å². The van der Waals surface area contributed by atoms with E-state index in [0.717, 1.165) is 62.0 Å². The summed E-state index contributed by atoms with van der Waals surface area (Å²) in [5.41, 5.74) is 10.4. The number of anilines is 6. The Bertz CT molecular complexity index is 2370. The minimum absolute atomic E-state index is 0. The number of aryl methyl sites for hydroxylation is 3. The number of rotatable bonds is 3. The monoisotopic (exact) mass is 847 g/mol. The van der Waals surface area contributed by atoms with Gasteiger partial charge in [-0.05, 0) is 74.5 Å². The minimum atomic E-state index is 0. The third kappa shape index (κ3) is 6.04. The smallest absolute Gasteiger partial charge is 0.657 e. The SMILES string of the molecule is Cc1cc(C)c(-c2cc(N3[CH-]N(C)c4nccnc43)[c-]c(N3[CH-]N(C)c4nccnc43)c2)c(C)c1.N#Cc1ccc2[n-]c3ccccc3c2c1.[Pt+4]. The first-order valence-electron chi connectivity index (χ1n) is 16.2. The largest absolute Gasteiger partial charge is 4.00 e. The standard InChI is InChI=1S/C27H25N8.C13H7N2.Pt/c1-17-10-18(2)23(19(3)11-17)20-12-21(34-15-32(4)24-26(34)30-8-6-28-24)14-22(13-20)35-16-33(5)25-27(35)31-9-7-29-25;14-8-9-5-6-13-11(7-9)10-3-1-2-4-12(10)15-13;/h6-13,15-16H,1-5H3;1-7H;/q-3;-1;+4. The van der Waals surface area contributed by atoms with Crippen LogP contribution in [0, 0.1) is 51.5 Å². The first-order chi connectivity index (χ1) is 24.3. The zero-order valence-electron chi connectivity index (χ0n) is 28.6. The molecular weight excluding hydrogens is 816 g/mol. The number of fused-ring (bicyclic) bond motifs is 5. The van der Waals surface area contributed by atoms with E-state index in [1.807, 2.05) is 83.4 Å². The van der Waals surface area contributed by atoms with Gasteiger partial charge in [-0.1, -0.05) is 48.0 Å². The second-order valence-electron chi connectivity index (χ2n) is 12.5. The average molecular weight is 848 g/mol. The van der Waals surface area contributed by atoms with E-state index in [1.54, 1.807) is 30.9 Å². The second kappa shape index (κ2) is 13.5. The van der Waals surface area contributed by atoms with Crippen LogP contribution in [-0.4, -0.2) is 34.0 Å². The number of para-hydroxylation sites is 1. The summed E-state index contributed by atoms with van der Waals surface area (Å²) in [4.78, 5) is 30.7. The molecule has 2 aliphatic heterocycles. The van der Waals surface area contributed by atoms with Gasteiger partial charge in [-0.2, -0.15) is 5.26 Å². The van der Waals surface area contributed by atoms with Crippen LogP contribution in [0.3, 0.4) is 0 Å². The molecule has 3 aromatic heterocycles. The average Bonchev–Trinajstić information content (AvgIpc) is 3.78. The molecule has 0 amide bonds. The van der Waals surface area contributed by atoms with Crippen LogP contribution in [0.15, 0.2) is 91.5 Å². The molecule has 0 fully saturated rings. The van der Waals surface area contributed by atoms with Crippen LogP contribution in [-0.2, 0) is 21.1 Å². The summed E-state index contributed by atoms with van der Waals surface area (Å²) in [6.45, 7) is 10.4. The molecule has 0 saturated carbocycles. The van der Waals surface area contributed by atoms with Crippen LogP contribution in [0.2, 0.25) is 0 Å². The quantitative estimate of drug-likeness (QED) is 0.163. The van der Waals surface area contributed by atoms with Crippen LogP contribution in [0.25, 0.3) is 32.9 Å². The van der Waals surface area contributed by atoms with Gasteiger partial charge in [0.05, 0.1) is 11.6 Å². The first-order valence-corrected chi connectivity index (χ1v) is 16.2. The summed E-state index contributed by atoms with van der Waals surface area (Å²) < 4.78 is 0. The maximum absolute atomic E-state index is 8.84. The molecule has 4 aromatic carbocycles. The number of benzene rings is 4. The fourth-order valence-corrected chi connectivity index (χ4v) is 6.83. The van der Waals surface area contributed by atoms with E-state index in [9.17, 15) is 0 Å². The van der Waals surface area contributed by atoms with Crippen LogP contribution in [0.1, 0.15) is 22.3 Å². The summed E-state index contributed by atoms with van der Waals surface area (Å²) in [6, 6.07) is 28.1. The number of hydrogen-bond donors (Lipinski definition) is 0. The van der Waals surface area contributed by atoms with Gasteiger partial charge in [0.15, 0.2) is 0 Å². The summed E-state index contributed by atoms with van der Waals surface area (Å²) in [5.74, 6) is 3.15. The van der Waals surface area contributed by atoms with Crippen molar-refractivity contribution in [3.05, 3.63) is 133 Å². The van der Waals surface area contributed by atoms with E-state index < -0.39 is 0 Å². The van der Waals surface area contributed by atoms with Gasteiger partial charge in [-0.25, -0.2) is 19.9 Å². The van der Waals surface area contributed by atoms with E-state index in [0.29, 0.717) is 5.56 Å². The molecule has 9 rings (SSSR count). The molecule has 11 heteroatoms. The van der Waals surface area contributed by atoms with Crippen molar-refractivity contribution in [1.29, 1.82) is 5.26 Å². The van der Waals surface area contributed by atoms with E-state index in [-0.39, 0.29) is 21.1 Å². The molecule has 7 aromatic rings. The molecule has 0 unspecified atom stereocenters. The zero-order valence-corrected chi connectivity index (χ0v) is 30.9. The Labute approximate surface area is 311 Å². The number of nitrogens with zero attached hydrogens (tertiary/aromatic N) is 10. The van der Waals surface area contributed by atoms with E-state index in [4.69, 9.17) is 5.26 Å². The summed E-state index contributed by atoms with van der Waals surface area (Å²) in [6.07, 6.45) is 6.85. The van der Waals surface area contributed by atoms with Crippen molar-refractivity contribution in [1.82, 2.24) is 24.9 Å². The van der Waals surface area contributed by atoms with Crippen molar-refractivity contribution in [2.45, 2.75) is 20.8 Å². The molecule has 10 nitrogen and oxygen atoms in total. The fourth-order valence-electron chi connectivity index (χ4n) is 6.83. The maximum Gasteiger partial charge on any atom is 4.00 e. The topological polar surface area (TPSA) is 102 Å². The predicted octanol–water partition coefficient (Wildman–Crippen LogP) is 7.89. The van der Waals surface area contributed by atoms with Crippen molar-refractivity contribution in [2.75, 3.05) is 33.7 Å². The molecule has 0 atom stereocenters. The maximum atomic E-state index is 8.84. The molecule has 2 aliphatic rings.